The predicted octanol–water partition coefficient (Wildman–Crippen LogP) is 0.897. The monoisotopic (exact) mass is 311 g/mol. The summed E-state index contributed by atoms with van der Waals surface area (Å²) in [4.78, 5) is 14.7. The third-order valence-electron chi connectivity index (χ3n) is 4.89. The lowest BCUT2D eigenvalue weighted by Crippen LogP contribution is -2.48. The zero-order valence-electron chi connectivity index (χ0n) is 13.3. The number of aromatic nitrogens is 3. The van der Waals surface area contributed by atoms with Crippen molar-refractivity contribution < 1.29 is 4.79 Å². The van der Waals surface area contributed by atoms with Crippen molar-refractivity contribution in [3.8, 4) is 0 Å². The predicted molar refractivity (Wildman–Crippen MR) is 85.6 cm³/mol. The molecule has 23 heavy (non-hydrogen) atoms. The molecule has 1 aromatic heterocycles. The molecule has 2 aliphatic rings. The minimum atomic E-state index is -0.120. The molecule has 4 rings (SSSR count). The Morgan fingerprint density at radius 1 is 1.30 bits per heavy atom. The average Bonchev–Trinajstić information content (AvgIpc) is 3.15. The first-order chi connectivity index (χ1) is 11.2. The number of hydrogen-bond acceptors (Lipinski definition) is 4. The first kappa shape index (κ1) is 14.4. The number of carbonyl (C=O) groups is 1. The molecule has 0 radical (unpaired) electrons. The number of rotatable bonds is 3. The smallest absolute Gasteiger partial charge is 0.238 e. The summed E-state index contributed by atoms with van der Waals surface area (Å²) in [5.74, 6) is 1.97. The van der Waals surface area contributed by atoms with Crippen LogP contribution in [0.25, 0.3) is 0 Å². The number of carbonyl (C=O) groups excluding carboxylic acids is 1. The van der Waals surface area contributed by atoms with Crippen molar-refractivity contribution in [2.24, 2.45) is 0 Å². The van der Waals surface area contributed by atoms with Gasteiger partial charge < -0.3 is 9.88 Å². The van der Waals surface area contributed by atoms with E-state index in [0.717, 1.165) is 44.0 Å². The van der Waals surface area contributed by atoms with Gasteiger partial charge in [0.15, 0.2) is 5.82 Å². The van der Waals surface area contributed by atoms with Gasteiger partial charge in [-0.15, -0.1) is 10.2 Å². The first-order valence-corrected chi connectivity index (χ1v) is 8.18. The van der Waals surface area contributed by atoms with E-state index in [1.54, 1.807) is 0 Å². The molecule has 120 valence electrons. The standard InChI is InChI=1S/C17H21N5O/c1-21-11-13-6-3-2-5-12(13)9-14(21)17(23)18-10-16-20-19-15-7-4-8-22(15)16/h2-3,5-6,14H,4,7-11H2,1H3,(H,18,23). The summed E-state index contributed by atoms with van der Waals surface area (Å²) in [5, 5.41) is 11.4. The molecule has 3 heterocycles. The van der Waals surface area contributed by atoms with Crippen molar-refractivity contribution in [3.63, 3.8) is 0 Å². The summed E-state index contributed by atoms with van der Waals surface area (Å²) in [6.07, 6.45) is 2.87. The maximum Gasteiger partial charge on any atom is 0.238 e. The molecule has 6 heteroatoms. The Labute approximate surface area is 135 Å². The Kier molecular flexibility index (Phi) is 3.61. The molecule has 1 aromatic carbocycles. The van der Waals surface area contributed by atoms with E-state index in [4.69, 9.17) is 0 Å². The van der Waals surface area contributed by atoms with Crippen LogP contribution in [-0.2, 0) is 37.3 Å². The fraction of sp³-hybridized carbons (Fsp3) is 0.471. The van der Waals surface area contributed by atoms with Crippen LogP contribution in [0.1, 0.15) is 29.2 Å². The molecule has 2 aliphatic heterocycles. The molecule has 0 saturated carbocycles. The highest BCUT2D eigenvalue weighted by atomic mass is 16.2. The number of nitrogens with one attached hydrogen (secondary N) is 1. The highest BCUT2D eigenvalue weighted by Crippen LogP contribution is 2.22. The largest absolute Gasteiger partial charge is 0.347 e. The van der Waals surface area contributed by atoms with Gasteiger partial charge in [-0.1, -0.05) is 24.3 Å². The lowest BCUT2D eigenvalue weighted by Gasteiger charge is -2.33. The van der Waals surface area contributed by atoms with Gasteiger partial charge in [0.1, 0.15) is 5.82 Å². The summed E-state index contributed by atoms with van der Waals surface area (Å²) < 4.78 is 2.13. The number of fused-ring (bicyclic) bond motifs is 2. The molecule has 1 amide bonds. The van der Waals surface area contributed by atoms with Crippen LogP contribution in [0.3, 0.4) is 0 Å². The number of likely N-dealkylation sites (N-methyl/N-ethyl adjacent to an activating group) is 1. The molecule has 1 N–H and O–H groups in total. The fourth-order valence-corrected chi connectivity index (χ4v) is 3.57. The second-order valence-electron chi connectivity index (χ2n) is 6.41. The molecule has 0 aliphatic carbocycles. The summed E-state index contributed by atoms with van der Waals surface area (Å²) in [7, 11) is 2.01. The van der Waals surface area contributed by atoms with Gasteiger partial charge >= 0.3 is 0 Å². The van der Waals surface area contributed by atoms with Crippen molar-refractivity contribution in [3.05, 3.63) is 47.0 Å². The van der Waals surface area contributed by atoms with E-state index >= 15 is 0 Å². The van der Waals surface area contributed by atoms with Gasteiger partial charge in [-0.3, -0.25) is 9.69 Å². The van der Waals surface area contributed by atoms with Crippen LogP contribution in [0.5, 0.6) is 0 Å². The Morgan fingerprint density at radius 2 is 2.13 bits per heavy atom. The lowest BCUT2D eigenvalue weighted by molar-refractivity contribution is -0.126. The summed E-state index contributed by atoms with van der Waals surface area (Å²) >= 11 is 0. The Bertz CT molecular complexity index is 738. The molecule has 1 atom stereocenters. The molecule has 0 spiro atoms. The molecular weight excluding hydrogens is 290 g/mol. The summed E-state index contributed by atoms with van der Waals surface area (Å²) in [6, 6.07) is 8.23. The van der Waals surface area contributed by atoms with Crippen molar-refractivity contribution in [1.82, 2.24) is 25.0 Å². The molecule has 2 aromatic rings. The van der Waals surface area contributed by atoms with Crippen molar-refractivity contribution in [2.75, 3.05) is 7.05 Å². The highest BCUT2D eigenvalue weighted by molar-refractivity contribution is 5.82. The van der Waals surface area contributed by atoms with E-state index in [1.807, 2.05) is 13.1 Å². The van der Waals surface area contributed by atoms with Gasteiger partial charge in [-0.25, -0.2) is 0 Å². The van der Waals surface area contributed by atoms with E-state index in [2.05, 4.69) is 43.2 Å². The van der Waals surface area contributed by atoms with E-state index in [1.165, 1.54) is 11.1 Å². The van der Waals surface area contributed by atoms with E-state index in [9.17, 15) is 4.79 Å². The highest BCUT2D eigenvalue weighted by Gasteiger charge is 2.29. The summed E-state index contributed by atoms with van der Waals surface area (Å²) in [6.45, 7) is 2.23. The van der Waals surface area contributed by atoms with Crippen LogP contribution in [0.4, 0.5) is 0 Å². The van der Waals surface area contributed by atoms with Gasteiger partial charge in [0, 0.05) is 19.5 Å². The molecule has 0 fully saturated rings. The molecular formula is C17H21N5O. The van der Waals surface area contributed by atoms with Crippen molar-refractivity contribution in [2.45, 2.75) is 44.9 Å². The zero-order valence-corrected chi connectivity index (χ0v) is 13.3. The van der Waals surface area contributed by atoms with Crippen LogP contribution in [0.2, 0.25) is 0 Å². The van der Waals surface area contributed by atoms with Crippen LogP contribution < -0.4 is 5.32 Å². The lowest BCUT2D eigenvalue weighted by atomic mass is 9.94. The third-order valence-corrected chi connectivity index (χ3v) is 4.89. The molecule has 1 unspecified atom stereocenters. The van der Waals surface area contributed by atoms with Gasteiger partial charge in [-0.2, -0.15) is 0 Å². The Morgan fingerprint density at radius 3 is 3.00 bits per heavy atom. The normalized spacial score (nSPS) is 20.1. The summed E-state index contributed by atoms with van der Waals surface area (Å²) in [5.41, 5.74) is 2.59. The van der Waals surface area contributed by atoms with Crippen molar-refractivity contribution >= 4 is 5.91 Å². The third kappa shape index (κ3) is 2.63. The first-order valence-electron chi connectivity index (χ1n) is 8.18. The van der Waals surface area contributed by atoms with Gasteiger partial charge in [0.2, 0.25) is 5.91 Å². The van der Waals surface area contributed by atoms with Crippen LogP contribution in [0.15, 0.2) is 24.3 Å². The second kappa shape index (κ2) is 5.77. The van der Waals surface area contributed by atoms with Gasteiger partial charge in [-0.05, 0) is 31.0 Å². The quantitative estimate of drug-likeness (QED) is 0.915. The maximum atomic E-state index is 12.6. The number of nitrogens with zero attached hydrogens (tertiary/aromatic N) is 4. The van der Waals surface area contributed by atoms with E-state index < -0.39 is 0 Å². The minimum Gasteiger partial charge on any atom is -0.347 e. The molecule has 0 saturated heterocycles. The topological polar surface area (TPSA) is 63.1 Å². The number of benzene rings is 1. The van der Waals surface area contributed by atoms with Crippen LogP contribution >= 0.6 is 0 Å². The van der Waals surface area contributed by atoms with Crippen molar-refractivity contribution in [1.29, 1.82) is 0 Å². The van der Waals surface area contributed by atoms with Crippen LogP contribution in [-0.4, -0.2) is 38.7 Å². The minimum absolute atomic E-state index is 0.0670. The second-order valence-corrected chi connectivity index (χ2v) is 6.41. The van der Waals surface area contributed by atoms with E-state index in [0.29, 0.717) is 6.54 Å². The molecule has 6 nitrogen and oxygen atoms in total. The number of aryl methyl sites for hydroxylation is 1. The van der Waals surface area contributed by atoms with E-state index in [-0.39, 0.29) is 11.9 Å². The van der Waals surface area contributed by atoms with Gasteiger partial charge in [0.25, 0.3) is 0 Å². The Hall–Kier alpha value is -2.21. The zero-order chi connectivity index (χ0) is 15.8. The number of hydrogen-bond donors (Lipinski definition) is 1. The number of amides is 1. The maximum absolute atomic E-state index is 12.6. The Balaban J connectivity index is 1.43. The van der Waals surface area contributed by atoms with Gasteiger partial charge in [0.05, 0.1) is 12.6 Å². The fourth-order valence-electron chi connectivity index (χ4n) is 3.57. The van der Waals surface area contributed by atoms with Crippen LogP contribution in [0, 0.1) is 0 Å². The molecule has 0 bridgehead atoms. The average molecular weight is 311 g/mol. The SMILES string of the molecule is CN1Cc2ccccc2CC1C(=O)NCc1nnc2n1CCC2.